The van der Waals surface area contributed by atoms with E-state index in [0.717, 1.165) is 23.8 Å². The molecule has 104 valence electrons. The summed E-state index contributed by atoms with van der Waals surface area (Å²) in [5, 5.41) is 3.78. The van der Waals surface area contributed by atoms with Gasteiger partial charge in [-0.1, -0.05) is 26.2 Å². The Kier molecular flexibility index (Phi) is 4.25. The molecule has 3 fully saturated rings. The maximum atomic E-state index is 3.78. The third-order valence-corrected chi connectivity index (χ3v) is 5.49. The molecule has 0 aromatic heterocycles. The molecule has 2 saturated carbocycles. The third kappa shape index (κ3) is 3.27. The van der Waals surface area contributed by atoms with Crippen LogP contribution in [0.25, 0.3) is 0 Å². The second-order valence-electron chi connectivity index (χ2n) is 7.03. The zero-order chi connectivity index (χ0) is 12.4. The van der Waals surface area contributed by atoms with Gasteiger partial charge in [0.1, 0.15) is 0 Å². The fourth-order valence-corrected chi connectivity index (χ4v) is 4.00. The lowest BCUT2D eigenvalue weighted by Crippen LogP contribution is -2.42. The van der Waals surface area contributed by atoms with Gasteiger partial charge in [0.05, 0.1) is 0 Å². The molecule has 3 aliphatic rings. The highest BCUT2D eigenvalue weighted by Crippen LogP contribution is 2.34. The molecule has 1 aliphatic heterocycles. The van der Waals surface area contributed by atoms with Crippen LogP contribution in [-0.2, 0) is 0 Å². The van der Waals surface area contributed by atoms with E-state index in [9.17, 15) is 0 Å². The van der Waals surface area contributed by atoms with E-state index in [4.69, 9.17) is 0 Å². The minimum atomic E-state index is 0.811. The van der Waals surface area contributed by atoms with Gasteiger partial charge in [-0.25, -0.2) is 0 Å². The summed E-state index contributed by atoms with van der Waals surface area (Å²) in [7, 11) is 0. The van der Waals surface area contributed by atoms with Gasteiger partial charge in [-0.3, -0.25) is 0 Å². The topological polar surface area (TPSA) is 15.3 Å². The second-order valence-corrected chi connectivity index (χ2v) is 7.03. The lowest BCUT2D eigenvalue weighted by molar-refractivity contribution is 0.155. The summed E-state index contributed by atoms with van der Waals surface area (Å²) in [4.78, 5) is 2.79. The molecule has 1 N–H and O–H groups in total. The molecule has 2 aliphatic carbocycles. The first-order valence-electron chi connectivity index (χ1n) is 8.28. The molecule has 0 radical (unpaired) electrons. The van der Waals surface area contributed by atoms with Crippen molar-refractivity contribution in [2.45, 2.75) is 57.9 Å². The summed E-state index contributed by atoms with van der Waals surface area (Å²) in [6.45, 7) is 7.77. The van der Waals surface area contributed by atoms with E-state index >= 15 is 0 Å². The molecular weight excluding hydrogens is 220 g/mol. The van der Waals surface area contributed by atoms with Crippen LogP contribution >= 0.6 is 0 Å². The molecule has 0 bridgehead atoms. The maximum absolute atomic E-state index is 3.78. The van der Waals surface area contributed by atoms with Gasteiger partial charge >= 0.3 is 0 Å². The summed E-state index contributed by atoms with van der Waals surface area (Å²) in [6.07, 6.45) is 10.2. The van der Waals surface area contributed by atoms with Crippen LogP contribution in [0.5, 0.6) is 0 Å². The highest BCUT2D eigenvalue weighted by atomic mass is 15.2. The van der Waals surface area contributed by atoms with E-state index in [0.29, 0.717) is 0 Å². The minimum Gasteiger partial charge on any atom is -0.312 e. The van der Waals surface area contributed by atoms with Crippen LogP contribution in [0.2, 0.25) is 0 Å². The van der Waals surface area contributed by atoms with E-state index < -0.39 is 0 Å². The molecule has 2 nitrogen and oxygen atoms in total. The monoisotopic (exact) mass is 250 g/mol. The normalized spacial score (nSPS) is 39.5. The van der Waals surface area contributed by atoms with Crippen molar-refractivity contribution in [3.05, 3.63) is 0 Å². The van der Waals surface area contributed by atoms with Crippen LogP contribution < -0.4 is 5.32 Å². The van der Waals surface area contributed by atoms with Gasteiger partial charge in [0.2, 0.25) is 0 Å². The predicted molar refractivity (Wildman–Crippen MR) is 76.7 cm³/mol. The SMILES string of the molecule is CC1CCCCC1CN1CCCNC(C2CC2)C1. The van der Waals surface area contributed by atoms with Crippen molar-refractivity contribution in [3.63, 3.8) is 0 Å². The molecule has 0 aromatic rings. The van der Waals surface area contributed by atoms with Gasteiger partial charge in [0.25, 0.3) is 0 Å². The smallest absolute Gasteiger partial charge is 0.0223 e. The van der Waals surface area contributed by atoms with Crippen molar-refractivity contribution in [1.82, 2.24) is 10.2 Å². The highest BCUT2D eigenvalue weighted by molar-refractivity contribution is 4.90. The van der Waals surface area contributed by atoms with Gasteiger partial charge in [-0.15, -0.1) is 0 Å². The zero-order valence-electron chi connectivity index (χ0n) is 12.0. The predicted octanol–water partition coefficient (Wildman–Crippen LogP) is 2.89. The van der Waals surface area contributed by atoms with Gasteiger partial charge in [-0.2, -0.15) is 0 Å². The average molecular weight is 250 g/mol. The van der Waals surface area contributed by atoms with Gasteiger partial charge < -0.3 is 10.2 Å². The summed E-state index contributed by atoms with van der Waals surface area (Å²) in [5.74, 6) is 2.96. The summed E-state index contributed by atoms with van der Waals surface area (Å²) in [6, 6.07) is 0.811. The highest BCUT2D eigenvalue weighted by Gasteiger charge is 2.34. The summed E-state index contributed by atoms with van der Waals surface area (Å²) < 4.78 is 0. The molecule has 0 amide bonds. The molecule has 3 rings (SSSR count). The molecular formula is C16H30N2. The molecule has 3 atom stereocenters. The Morgan fingerprint density at radius 2 is 1.89 bits per heavy atom. The van der Waals surface area contributed by atoms with E-state index in [2.05, 4.69) is 17.1 Å². The Morgan fingerprint density at radius 3 is 2.67 bits per heavy atom. The Balaban J connectivity index is 1.53. The molecule has 0 spiro atoms. The van der Waals surface area contributed by atoms with Crippen LogP contribution in [-0.4, -0.2) is 37.1 Å². The summed E-state index contributed by atoms with van der Waals surface area (Å²) >= 11 is 0. The number of nitrogens with one attached hydrogen (secondary N) is 1. The van der Waals surface area contributed by atoms with Crippen molar-refractivity contribution in [2.24, 2.45) is 17.8 Å². The lowest BCUT2D eigenvalue weighted by atomic mass is 9.80. The van der Waals surface area contributed by atoms with Gasteiger partial charge in [0.15, 0.2) is 0 Å². The molecule has 18 heavy (non-hydrogen) atoms. The third-order valence-electron chi connectivity index (χ3n) is 5.49. The summed E-state index contributed by atoms with van der Waals surface area (Å²) in [5.41, 5.74) is 0. The van der Waals surface area contributed by atoms with Crippen molar-refractivity contribution in [3.8, 4) is 0 Å². The quantitative estimate of drug-likeness (QED) is 0.828. The van der Waals surface area contributed by atoms with Crippen LogP contribution in [0.4, 0.5) is 0 Å². The average Bonchev–Trinajstić information content (AvgIpc) is 3.18. The fraction of sp³-hybridized carbons (Fsp3) is 1.00. The van der Waals surface area contributed by atoms with E-state index in [1.54, 1.807) is 0 Å². The first-order chi connectivity index (χ1) is 8.83. The number of hydrogen-bond donors (Lipinski definition) is 1. The van der Waals surface area contributed by atoms with E-state index in [1.807, 2.05) is 0 Å². The Morgan fingerprint density at radius 1 is 1.06 bits per heavy atom. The first-order valence-corrected chi connectivity index (χ1v) is 8.28. The molecule has 1 saturated heterocycles. The molecule has 0 aromatic carbocycles. The van der Waals surface area contributed by atoms with Crippen molar-refractivity contribution in [1.29, 1.82) is 0 Å². The molecule has 2 heteroatoms. The van der Waals surface area contributed by atoms with Crippen molar-refractivity contribution in [2.75, 3.05) is 26.2 Å². The Labute approximate surface area is 113 Å². The maximum Gasteiger partial charge on any atom is 0.0223 e. The number of nitrogens with zero attached hydrogens (tertiary/aromatic N) is 1. The minimum absolute atomic E-state index is 0.811. The standard InChI is InChI=1S/C16H30N2/c1-13-5-2-3-6-15(13)11-18-10-4-9-17-16(12-18)14-7-8-14/h13-17H,2-12H2,1H3. The lowest BCUT2D eigenvalue weighted by Gasteiger charge is -2.34. The largest absolute Gasteiger partial charge is 0.312 e. The molecule has 3 unspecified atom stereocenters. The Bertz CT molecular complexity index is 262. The van der Waals surface area contributed by atoms with E-state index in [-0.39, 0.29) is 0 Å². The van der Waals surface area contributed by atoms with E-state index in [1.165, 1.54) is 71.1 Å². The first kappa shape index (κ1) is 12.9. The fourth-order valence-electron chi connectivity index (χ4n) is 4.00. The van der Waals surface area contributed by atoms with Crippen molar-refractivity contribution >= 4 is 0 Å². The number of rotatable bonds is 3. The second kappa shape index (κ2) is 5.92. The van der Waals surface area contributed by atoms with Crippen LogP contribution in [0, 0.1) is 17.8 Å². The Hall–Kier alpha value is -0.0800. The molecule has 1 heterocycles. The van der Waals surface area contributed by atoms with Crippen LogP contribution in [0.15, 0.2) is 0 Å². The van der Waals surface area contributed by atoms with Crippen LogP contribution in [0.1, 0.15) is 51.9 Å². The number of hydrogen-bond acceptors (Lipinski definition) is 2. The van der Waals surface area contributed by atoms with Crippen LogP contribution in [0.3, 0.4) is 0 Å². The van der Waals surface area contributed by atoms with Crippen molar-refractivity contribution < 1.29 is 0 Å². The van der Waals surface area contributed by atoms with Gasteiger partial charge in [0, 0.05) is 19.1 Å². The zero-order valence-corrected chi connectivity index (χ0v) is 12.0. The van der Waals surface area contributed by atoms with Gasteiger partial charge in [-0.05, 0) is 56.5 Å².